The quantitative estimate of drug-likeness (QED) is 0.384. The Morgan fingerprint density at radius 3 is 2.57 bits per heavy atom. The smallest absolute Gasteiger partial charge is 0.229 e. The zero-order chi connectivity index (χ0) is 26.6. The number of anilines is 4. The first-order chi connectivity index (χ1) is 17.6. The molecule has 4 rings (SSSR count). The third kappa shape index (κ3) is 6.88. The molecule has 0 aliphatic carbocycles. The minimum absolute atomic E-state index is 0.111. The highest BCUT2D eigenvalue weighted by Crippen LogP contribution is 2.35. The van der Waals surface area contributed by atoms with Gasteiger partial charge in [-0.1, -0.05) is 35.9 Å². The van der Waals surface area contributed by atoms with E-state index in [0.717, 1.165) is 31.5 Å². The number of methoxy groups -OCH3 is 1. The summed E-state index contributed by atoms with van der Waals surface area (Å²) in [5, 5.41) is 11.7. The van der Waals surface area contributed by atoms with Crippen LogP contribution in [0.1, 0.15) is 36.8 Å². The van der Waals surface area contributed by atoms with Crippen LogP contribution in [0.25, 0.3) is 0 Å². The van der Waals surface area contributed by atoms with E-state index in [2.05, 4.69) is 20.6 Å². The second kappa shape index (κ2) is 11.3. The molecule has 196 valence electrons. The van der Waals surface area contributed by atoms with Crippen LogP contribution in [0, 0.1) is 0 Å². The number of nitrogens with one attached hydrogen (secondary N) is 2. The lowest BCUT2D eigenvalue weighted by Gasteiger charge is -2.31. The number of para-hydroxylation sites is 1. The molecule has 3 aromatic rings. The molecule has 37 heavy (non-hydrogen) atoms. The number of benzene rings is 2. The van der Waals surface area contributed by atoms with E-state index >= 15 is 0 Å². The minimum atomic E-state index is -3.73. The van der Waals surface area contributed by atoms with E-state index in [1.165, 1.54) is 6.20 Å². The highest BCUT2D eigenvalue weighted by Gasteiger charge is 2.23. The number of nitrogens with zero attached hydrogens (tertiary/aromatic N) is 3. The lowest BCUT2D eigenvalue weighted by atomic mass is 9.89. The molecule has 1 aliphatic rings. The van der Waals surface area contributed by atoms with Crippen molar-refractivity contribution in [2.75, 3.05) is 30.8 Å². The molecule has 0 saturated carbocycles. The molecular formula is C25H29ClN6O4S. The van der Waals surface area contributed by atoms with Crippen molar-refractivity contribution >= 4 is 50.7 Å². The second-order valence-electron chi connectivity index (χ2n) is 8.84. The highest BCUT2D eigenvalue weighted by atomic mass is 35.5. The average Bonchev–Trinajstić information content (AvgIpc) is 2.86. The standard InChI is InChI=1S/C25H29ClN6O4S/c1-16(33)32-11-9-17(10-12-32)18-7-8-22(23(13-18)36-2)30-25-28-14-20(26)24(31-25)29-21-6-4-3-5-19(21)15-37(27,34)35/h3-8,13-14,17H,9-12,15H2,1-2H3,(H2,27,34,35)(H2,28,29,30,31). The van der Waals surface area contributed by atoms with Crippen molar-refractivity contribution in [1.82, 2.24) is 14.9 Å². The maximum atomic E-state index is 11.6. The monoisotopic (exact) mass is 544 g/mol. The SMILES string of the molecule is COc1cc(C2CCN(C(C)=O)CC2)ccc1Nc1ncc(Cl)c(Nc2ccccc2CS(N)(=O)=O)n1. The van der Waals surface area contributed by atoms with E-state index in [1.807, 2.05) is 23.1 Å². The van der Waals surface area contributed by atoms with Crippen molar-refractivity contribution in [2.45, 2.75) is 31.4 Å². The van der Waals surface area contributed by atoms with Crippen molar-refractivity contribution < 1.29 is 17.9 Å². The van der Waals surface area contributed by atoms with Crippen LogP contribution in [0.2, 0.25) is 5.02 Å². The summed E-state index contributed by atoms with van der Waals surface area (Å²) in [6.45, 7) is 3.10. The summed E-state index contributed by atoms with van der Waals surface area (Å²) in [5.74, 6) is 1.34. The lowest BCUT2D eigenvalue weighted by Crippen LogP contribution is -2.36. The van der Waals surface area contributed by atoms with E-state index < -0.39 is 10.0 Å². The van der Waals surface area contributed by atoms with Gasteiger partial charge in [-0.2, -0.15) is 4.98 Å². The number of halogens is 1. The fourth-order valence-corrected chi connectivity index (χ4v) is 5.16. The first-order valence-electron chi connectivity index (χ1n) is 11.7. The first-order valence-corrected chi connectivity index (χ1v) is 13.8. The summed E-state index contributed by atoms with van der Waals surface area (Å²) in [4.78, 5) is 22.2. The van der Waals surface area contributed by atoms with Crippen LogP contribution in [-0.2, 0) is 20.6 Å². The van der Waals surface area contributed by atoms with Gasteiger partial charge in [-0.05, 0) is 48.1 Å². The summed E-state index contributed by atoms with van der Waals surface area (Å²) in [5.41, 5.74) is 2.83. The Balaban J connectivity index is 1.52. The number of primary sulfonamides is 1. The van der Waals surface area contributed by atoms with E-state index in [-0.39, 0.29) is 22.6 Å². The molecule has 0 radical (unpaired) electrons. The van der Waals surface area contributed by atoms with Crippen LogP contribution in [-0.4, -0.2) is 49.4 Å². The molecule has 0 bridgehead atoms. The van der Waals surface area contributed by atoms with Gasteiger partial charge in [0, 0.05) is 25.7 Å². The summed E-state index contributed by atoms with van der Waals surface area (Å²) in [6, 6.07) is 12.8. The Kier molecular flexibility index (Phi) is 8.16. The number of ether oxygens (including phenoxy) is 1. The number of aromatic nitrogens is 2. The van der Waals surface area contributed by atoms with E-state index in [1.54, 1.807) is 38.3 Å². The number of amides is 1. The summed E-state index contributed by atoms with van der Waals surface area (Å²) < 4.78 is 28.9. The molecule has 12 heteroatoms. The van der Waals surface area contributed by atoms with Crippen LogP contribution in [0.15, 0.2) is 48.7 Å². The van der Waals surface area contributed by atoms with Crippen LogP contribution >= 0.6 is 11.6 Å². The fourth-order valence-electron chi connectivity index (χ4n) is 4.34. The van der Waals surface area contributed by atoms with Gasteiger partial charge in [0.2, 0.25) is 21.9 Å². The molecule has 1 aliphatic heterocycles. The van der Waals surface area contributed by atoms with Gasteiger partial charge in [-0.3, -0.25) is 4.79 Å². The Morgan fingerprint density at radius 1 is 1.16 bits per heavy atom. The van der Waals surface area contributed by atoms with Gasteiger partial charge in [0.1, 0.15) is 10.8 Å². The number of rotatable bonds is 8. The predicted octanol–water partition coefficient (Wildman–Crippen LogP) is 4.14. The largest absolute Gasteiger partial charge is 0.495 e. The Morgan fingerprint density at radius 2 is 1.89 bits per heavy atom. The van der Waals surface area contributed by atoms with Crippen LogP contribution in [0.5, 0.6) is 5.75 Å². The minimum Gasteiger partial charge on any atom is -0.495 e. The third-order valence-electron chi connectivity index (χ3n) is 6.25. The topological polar surface area (TPSA) is 140 Å². The average molecular weight is 545 g/mol. The fraction of sp³-hybridized carbons (Fsp3) is 0.320. The summed E-state index contributed by atoms with van der Waals surface area (Å²) in [7, 11) is -2.13. The number of carbonyl (C=O) groups is 1. The van der Waals surface area contributed by atoms with Crippen LogP contribution in [0.4, 0.5) is 23.1 Å². The molecular weight excluding hydrogens is 516 g/mol. The molecule has 1 aromatic heterocycles. The summed E-state index contributed by atoms with van der Waals surface area (Å²) >= 11 is 6.32. The second-order valence-corrected chi connectivity index (χ2v) is 10.9. The molecule has 2 heterocycles. The lowest BCUT2D eigenvalue weighted by molar-refractivity contribution is -0.129. The molecule has 0 spiro atoms. The van der Waals surface area contributed by atoms with Crippen molar-refractivity contribution in [2.24, 2.45) is 5.14 Å². The van der Waals surface area contributed by atoms with Crippen molar-refractivity contribution in [3.05, 3.63) is 64.8 Å². The van der Waals surface area contributed by atoms with Gasteiger partial charge in [-0.25, -0.2) is 18.5 Å². The number of carbonyl (C=O) groups excluding carboxylic acids is 1. The number of hydrogen-bond donors (Lipinski definition) is 3. The van der Waals surface area contributed by atoms with Crippen molar-refractivity contribution in [3.8, 4) is 5.75 Å². The van der Waals surface area contributed by atoms with Gasteiger partial charge >= 0.3 is 0 Å². The molecule has 10 nitrogen and oxygen atoms in total. The van der Waals surface area contributed by atoms with Gasteiger partial charge in [0.15, 0.2) is 5.82 Å². The maximum Gasteiger partial charge on any atom is 0.229 e. The number of nitrogens with two attached hydrogens (primary N) is 1. The first kappa shape index (κ1) is 26.6. The molecule has 1 amide bonds. The molecule has 1 fully saturated rings. The Labute approximate surface area is 221 Å². The van der Waals surface area contributed by atoms with E-state index in [4.69, 9.17) is 21.5 Å². The molecule has 0 unspecified atom stereocenters. The summed E-state index contributed by atoms with van der Waals surface area (Å²) in [6.07, 6.45) is 3.25. The Bertz CT molecular complexity index is 1390. The number of likely N-dealkylation sites (tertiary alicyclic amines) is 1. The van der Waals surface area contributed by atoms with Crippen molar-refractivity contribution in [1.29, 1.82) is 0 Å². The van der Waals surface area contributed by atoms with Crippen molar-refractivity contribution in [3.63, 3.8) is 0 Å². The molecule has 4 N–H and O–H groups in total. The van der Waals surface area contributed by atoms with Gasteiger partial charge in [-0.15, -0.1) is 0 Å². The third-order valence-corrected chi connectivity index (χ3v) is 7.24. The molecule has 1 saturated heterocycles. The van der Waals surface area contributed by atoms with Gasteiger partial charge < -0.3 is 20.3 Å². The molecule has 0 atom stereocenters. The predicted molar refractivity (Wildman–Crippen MR) is 144 cm³/mol. The zero-order valence-electron chi connectivity index (χ0n) is 20.6. The highest BCUT2D eigenvalue weighted by molar-refractivity contribution is 7.88. The number of sulfonamides is 1. The van der Waals surface area contributed by atoms with Gasteiger partial charge in [0.25, 0.3) is 0 Å². The Hall–Kier alpha value is -3.41. The van der Waals surface area contributed by atoms with Crippen LogP contribution < -0.4 is 20.5 Å². The maximum absolute atomic E-state index is 11.6. The normalized spacial score (nSPS) is 14.3. The van der Waals surface area contributed by atoms with Gasteiger partial charge in [0.05, 0.1) is 24.7 Å². The van der Waals surface area contributed by atoms with E-state index in [9.17, 15) is 13.2 Å². The molecule has 2 aromatic carbocycles. The van der Waals surface area contributed by atoms with Crippen LogP contribution in [0.3, 0.4) is 0 Å². The number of hydrogen-bond acceptors (Lipinski definition) is 8. The zero-order valence-corrected chi connectivity index (χ0v) is 22.1. The number of piperidine rings is 1. The van der Waals surface area contributed by atoms with E-state index in [0.29, 0.717) is 34.4 Å².